The molecule has 2 saturated carbocycles. The van der Waals surface area contributed by atoms with Gasteiger partial charge in [-0.2, -0.15) is 0 Å². The molecular weight excluding hydrogens is 236 g/mol. The van der Waals surface area contributed by atoms with Crippen LogP contribution in [-0.2, 0) is 4.74 Å². The lowest BCUT2D eigenvalue weighted by atomic mass is 9.82. The monoisotopic (exact) mass is 266 g/mol. The summed E-state index contributed by atoms with van der Waals surface area (Å²) in [6.07, 6.45) is 8.68. The van der Waals surface area contributed by atoms with Gasteiger partial charge in [0.1, 0.15) is 0 Å². The lowest BCUT2D eigenvalue weighted by molar-refractivity contribution is -0.105. The Bertz CT molecular complexity index is 288. The number of hydrogen-bond donors (Lipinski definition) is 1. The third-order valence-corrected chi connectivity index (χ3v) is 5.20. The average Bonchev–Trinajstić information content (AvgIpc) is 3.21. The van der Waals surface area contributed by atoms with Gasteiger partial charge >= 0.3 is 0 Å². The summed E-state index contributed by atoms with van der Waals surface area (Å²) >= 11 is 0. The maximum Gasteiger partial charge on any atom is 0.0568 e. The lowest BCUT2D eigenvalue weighted by Gasteiger charge is -2.50. The Labute approximate surface area is 117 Å². The highest BCUT2D eigenvalue weighted by atomic mass is 16.5. The number of hydrogen-bond acceptors (Lipinski definition) is 3. The van der Waals surface area contributed by atoms with E-state index in [4.69, 9.17) is 10.5 Å². The zero-order valence-electron chi connectivity index (χ0n) is 12.6. The molecule has 3 fully saturated rings. The third kappa shape index (κ3) is 3.32. The van der Waals surface area contributed by atoms with Crippen LogP contribution in [0.2, 0.25) is 0 Å². The molecule has 0 amide bonds. The first-order valence-corrected chi connectivity index (χ1v) is 8.22. The van der Waals surface area contributed by atoms with Crippen molar-refractivity contribution in [1.29, 1.82) is 0 Å². The van der Waals surface area contributed by atoms with Gasteiger partial charge in [0.05, 0.1) is 12.2 Å². The van der Waals surface area contributed by atoms with E-state index in [2.05, 4.69) is 18.7 Å². The van der Waals surface area contributed by atoms with E-state index < -0.39 is 0 Å². The third-order valence-electron chi connectivity index (χ3n) is 5.20. The summed E-state index contributed by atoms with van der Waals surface area (Å²) in [7, 11) is 0. The maximum atomic E-state index is 6.26. The summed E-state index contributed by atoms with van der Waals surface area (Å²) in [6, 6.07) is 0. The fourth-order valence-electron chi connectivity index (χ4n) is 3.89. The molecule has 1 heterocycles. The van der Waals surface area contributed by atoms with E-state index in [0.717, 1.165) is 31.2 Å². The maximum absolute atomic E-state index is 6.26. The number of rotatable bonds is 6. The first-order valence-electron chi connectivity index (χ1n) is 8.22. The highest BCUT2D eigenvalue weighted by molar-refractivity contribution is 5.00. The Balaban J connectivity index is 1.73. The second kappa shape index (κ2) is 5.34. The van der Waals surface area contributed by atoms with Crippen LogP contribution in [0, 0.1) is 11.8 Å². The van der Waals surface area contributed by atoms with Gasteiger partial charge in [0.25, 0.3) is 0 Å². The van der Waals surface area contributed by atoms with Crippen molar-refractivity contribution in [2.75, 3.05) is 19.6 Å². The van der Waals surface area contributed by atoms with Crippen LogP contribution in [0.25, 0.3) is 0 Å². The minimum Gasteiger partial charge on any atom is -0.375 e. The standard InChI is InChI=1S/C16H30N2O/c1-12-7-16(11-17,8-13(2)19-12)18(9-14-3-4-14)10-15-5-6-15/h12-15H,3-11,17H2,1-2H3. The van der Waals surface area contributed by atoms with Crippen molar-refractivity contribution >= 4 is 0 Å². The molecule has 3 heteroatoms. The minimum atomic E-state index is 0.211. The van der Waals surface area contributed by atoms with Crippen LogP contribution in [0.3, 0.4) is 0 Å². The van der Waals surface area contributed by atoms with Gasteiger partial charge in [-0.3, -0.25) is 4.90 Å². The topological polar surface area (TPSA) is 38.5 Å². The normalized spacial score (nSPS) is 39.8. The highest BCUT2D eigenvalue weighted by Gasteiger charge is 2.45. The number of nitrogens with zero attached hydrogens (tertiary/aromatic N) is 1. The predicted octanol–water partition coefficient (Wildman–Crippen LogP) is 2.39. The zero-order chi connectivity index (χ0) is 13.5. The second-order valence-corrected chi connectivity index (χ2v) is 7.39. The minimum absolute atomic E-state index is 0.211. The molecule has 19 heavy (non-hydrogen) atoms. The lowest BCUT2D eigenvalue weighted by Crippen LogP contribution is -2.60. The zero-order valence-corrected chi connectivity index (χ0v) is 12.6. The van der Waals surface area contributed by atoms with Crippen LogP contribution in [0.5, 0.6) is 0 Å². The molecule has 3 aliphatic rings. The summed E-state index contributed by atoms with van der Waals surface area (Å²) in [5, 5.41) is 0. The molecule has 0 spiro atoms. The largest absolute Gasteiger partial charge is 0.375 e. The molecular formula is C16H30N2O. The van der Waals surface area contributed by atoms with Crippen LogP contribution >= 0.6 is 0 Å². The van der Waals surface area contributed by atoms with Crippen LogP contribution < -0.4 is 5.73 Å². The fourth-order valence-corrected chi connectivity index (χ4v) is 3.89. The van der Waals surface area contributed by atoms with Crippen molar-refractivity contribution in [3.63, 3.8) is 0 Å². The van der Waals surface area contributed by atoms with Gasteiger partial charge in [-0.05, 0) is 64.2 Å². The average molecular weight is 266 g/mol. The Morgan fingerprint density at radius 2 is 1.47 bits per heavy atom. The Morgan fingerprint density at radius 3 is 1.84 bits per heavy atom. The number of ether oxygens (including phenoxy) is 1. The molecule has 0 radical (unpaired) electrons. The van der Waals surface area contributed by atoms with Crippen molar-refractivity contribution in [3.8, 4) is 0 Å². The molecule has 0 aromatic heterocycles. The van der Waals surface area contributed by atoms with Crippen LogP contribution in [0.1, 0.15) is 52.4 Å². The Kier molecular flexibility index (Phi) is 3.89. The van der Waals surface area contributed by atoms with Gasteiger partial charge in [-0.1, -0.05) is 0 Å². The highest BCUT2D eigenvalue weighted by Crippen LogP contribution is 2.41. The summed E-state index contributed by atoms with van der Waals surface area (Å²) in [5.41, 5.74) is 6.47. The molecule has 1 saturated heterocycles. The van der Waals surface area contributed by atoms with Crippen LogP contribution in [0.15, 0.2) is 0 Å². The molecule has 1 aliphatic heterocycles. The Hall–Kier alpha value is -0.120. The van der Waals surface area contributed by atoms with E-state index in [1.165, 1.54) is 38.8 Å². The molecule has 2 atom stereocenters. The first-order chi connectivity index (χ1) is 9.11. The van der Waals surface area contributed by atoms with E-state index in [1.807, 2.05) is 0 Å². The van der Waals surface area contributed by atoms with Gasteiger partial charge in [-0.25, -0.2) is 0 Å². The molecule has 0 aromatic carbocycles. The molecule has 3 nitrogen and oxygen atoms in total. The predicted molar refractivity (Wildman–Crippen MR) is 78.0 cm³/mol. The SMILES string of the molecule is CC1CC(CN)(N(CC2CC2)CC2CC2)CC(C)O1. The van der Waals surface area contributed by atoms with E-state index in [0.29, 0.717) is 12.2 Å². The second-order valence-electron chi connectivity index (χ2n) is 7.39. The molecule has 0 bridgehead atoms. The molecule has 110 valence electrons. The van der Waals surface area contributed by atoms with Gasteiger partial charge in [0.2, 0.25) is 0 Å². The van der Waals surface area contributed by atoms with E-state index in [1.54, 1.807) is 0 Å². The molecule has 2 unspecified atom stereocenters. The summed E-state index contributed by atoms with van der Waals surface area (Å²) in [5.74, 6) is 1.91. The van der Waals surface area contributed by atoms with Gasteiger partial charge < -0.3 is 10.5 Å². The van der Waals surface area contributed by atoms with E-state index in [-0.39, 0.29) is 5.54 Å². The van der Waals surface area contributed by atoms with Crippen molar-refractivity contribution in [1.82, 2.24) is 4.90 Å². The molecule has 2 aliphatic carbocycles. The van der Waals surface area contributed by atoms with Gasteiger partial charge in [-0.15, -0.1) is 0 Å². The van der Waals surface area contributed by atoms with E-state index >= 15 is 0 Å². The summed E-state index contributed by atoms with van der Waals surface area (Å²) in [4.78, 5) is 2.78. The first kappa shape index (κ1) is 13.8. The van der Waals surface area contributed by atoms with Crippen molar-refractivity contribution in [2.45, 2.75) is 70.1 Å². The number of nitrogens with two attached hydrogens (primary N) is 1. The van der Waals surface area contributed by atoms with Gasteiger partial charge in [0.15, 0.2) is 0 Å². The summed E-state index contributed by atoms with van der Waals surface area (Å²) in [6.45, 7) is 7.80. The molecule has 3 rings (SSSR count). The van der Waals surface area contributed by atoms with Crippen LogP contribution in [-0.4, -0.2) is 42.3 Å². The summed E-state index contributed by atoms with van der Waals surface area (Å²) < 4.78 is 5.95. The molecule has 0 aromatic rings. The van der Waals surface area contributed by atoms with Crippen molar-refractivity contribution in [2.24, 2.45) is 17.6 Å². The molecule has 2 N–H and O–H groups in total. The fraction of sp³-hybridized carbons (Fsp3) is 1.00. The van der Waals surface area contributed by atoms with Gasteiger partial charge in [0, 0.05) is 25.2 Å². The van der Waals surface area contributed by atoms with Crippen molar-refractivity contribution < 1.29 is 4.74 Å². The quantitative estimate of drug-likeness (QED) is 0.802. The van der Waals surface area contributed by atoms with E-state index in [9.17, 15) is 0 Å². The van der Waals surface area contributed by atoms with Crippen molar-refractivity contribution in [3.05, 3.63) is 0 Å². The Morgan fingerprint density at radius 1 is 1.00 bits per heavy atom. The van der Waals surface area contributed by atoms with Crippen LogP contribution in [0.4, 0.5) is 0 Å². The smallest absolute Gasteiger partial charge is 0.0568 e.